The third kappa shape index (κ3) is 5.49. The molecule has 10 heteroatoms. The number of alkyl carbamates (subject to hydrolysis) is 1. The Bertz CT molecular complexity index is 1440. The lowest BCUT2D eigenvalue weighted by Gasteiger charge is -2.41. The Kier molecular flexibility index (Phi) is 6.47. The molecular formula is C27H33N5O4S. The van der Waals surface area contributed by atoms with Crippen LogP contribution in [0.2, 0.25) is 0 Å². The number of nitrogens with one attached hydrogen (secondary N) is 1. The average molecular weight is 524 g/mol. The summed E-state index contributed by atoms with van der Waals surface area (Å²) >= 11 is 0. The maximum absolute atomic E-state index is 12.9. The van der Waals surface area contributed by atoms with Crippen molar-refractivity contribution < 1.29 is 17.9 Å². The smallest absolute Gasteiger partial charge is 0.407 e. The molecule has 9 nitrogen and oxygen atoms in total. The van der Waals surface area contributed by atoms with Crippen LogP contribution in [-0.4, -0.2) is 62.0 Å². The van der Waals surface area contributed by atoms with E-state index < -0.39 is 21.5 Å². The minimum Gasteiger partial charge on any atom is -0.444 e. The lowest BCUT2D eigenvalue weighted by atomic mass is 9.99. The van der Waals surface area contributed by atoms with Crippen LogP contribution in [0.15, 0.2) is 47.4 Å². The van der Waals surface area contributed by atoms with E-state index in [0.717, 1.165) is 40.9 Å². The van der Waals surface area contributed by atoms with Crippen molar-refractivity contribution in [3.05, 3.63) is 53.6 Å². The number of anilines is 2. The van der Waals surface area contributed by atoms with Crippen molar-refractivity contribution in [2.75, 3.05) is 41.7 Å². The standard InChI is InChI=1S/C27H33N5O4S/c1-18-9-10-22-21(13-18)24(32-15-19(16-32)14-28-26(33)36-27(2,3)4)30-25(29-22)31-11-12-37(34,35)23-8-6-5-7-20(23)17-31/h5-10,13,19H,11-12,14-17H2,1-4H3,(H,28,33). The molecule has 0 radical (unpaired) electrons. The molecule has 0 aliphatic carbocycles. The van der Waals surface area contributed by atoms with E-state index in [1.807, 2.05) is 56.9 Å². The monoisotopic (exact) mass is 523 g/mol. The van der Waals surface area contributed by atoms with Crippen molar-refractivity contribution in [1.82, 2.24) is 15.3 Å². The van der Waals surface area contributed by atoms with E-state index in [2.05, 4.69) is 16.3 Å². The number of hydrogen-bond acceptors (Lipinski definition) is 8. The van der Waals surface area contributed by atoms with E-state index in [1.54, 1.807) is 12.1 Å². The largest absolute Gasteiger partial charge is 0.444 e. The highest BCUT2D eigenvalue weighted by Crippen LogP contribution is 2.33. The van der Waals surface area contributed by atoms with Crippen LogP contribution in [0.3, 0.4) is 0 Å². The molecule has 37 heavy (non-hydrogen) atoms. The van der Waals surface area contributed by atoms with Crippen molar-refractivity contribution in [3.8, 4) is 0 Å². The van der Waals surface area contributed by atoms with E-state index in [-0.39, 0.29) is 11.7 Å². The van der Waals surface area contributed by atoms with E-state index >= 15 is 0 Å². The summed E-state index contributed by atoms with van der Waals surface area (Å²) in [4.78, 5) is 26.4. The third-order valence-electron chi connectivity index (χ3n) is 6.59. The Morgan fingerprint density at radius 3 is 2.62 bits per heavy atom. The van der Waals surface area contributed by atoms with Gasteiger partial charge in [0, 0.05) is 44.0 Å². The summed E-state index contributed by atoms with van der Waals surface area (Å²) in [7, 11) is -3.37. The van der Waals surface area contributed by atoms with Gasteiger partial charge in [-0.25, -0.2) is 18.2 Å². The second-order valence-corrected chi connectivity index (χ2v) is 12.9. The molecule has 196 valence electrons. The predicted octanol–water partition coefficient (Wildman–Crippen LogP) is 3.69. The SMILES string of the molecule is Cc1ccc2nc(N3CCS(=O)(=O)c4ccccc4C3)nc(N3CC(CNC(=O)OC(C)(C)C)C3)c2c1. The number of nitrogens with zero attached hydrogens (tertiary/aromatic N) is 4. The summed E-state index contributed by atoms with van der Waals surface area (Å²) in [5.74, 6) is 1.64. The normalized spacial score (nSPS) is 17.6. The van der Waals surface area contributed by atoms with Crippen LogP contribution in [-0.2, 0) is 21.1 Å². The molecule has 0 unspecified atom stereocenters. The number of hydrogen-bond donors (Lipinski definition) is 1. The predicted molar refractivity (Wildman–Crippen MR) is 144 cm³/mol. The first-order valence-electron chi connectivity index (χ1n) is 12.5. The lowest BCUT2D eigenvalue weighted by molar-refractivity contribution is 0.0516. The average Bonchev–Trinajstić information content (AvgIpc) is 2.93. The van der Waals surface area contributed by atoms with Gasteiger partial charge in [0.2, 0.25) is 5.95 Å². The molecule has 1 aromatic heterocycles. The van der Waals surface area contributed by atoms with Gasteiger partial charge >= 0.3 is 6.09 Å². The van der Waals surface area contributed by atoms with Gasteiger partial charge in [-0.15, -0.1) is 0 Å². The summed E-state index contributed by atoms with van der Waals surface area (Å²) in [5, 5.41) is 3.82. The van der Waals surface area contributed by atoms with Gasteiger partial charge in [0.15, 0.2) is 9.84 Å². The second-order valence-electron chi connectivity index (χ2n) is 10.9. The van der Waals surface area contributed by atoms with Crippen molar-refractivity contribution in [3.63, 3.8) is 0 Å². The van der Waals surface area contributed by atoms with Gasteiger partial charge in [-0.3, -0.25) is 0 Å². The highest BCUT2D eigenvalue weighted by Gasteiger charge is 2.32. The summed E-state index contributed by atoms with van der Waals surface area (Å²) in [6, 6.07) is 13.2. The van der Waals surface area contributed by atoms with Gasteiger partial charge in [-0.05, 0) is 51.5 Å². The summed E-state index contributed by atoms with van der Waals surface area (Å²) < 4.78 is 31.1. The van der Waals surface area contributed by atoms with Gasteiger partial charge < -0.3 is 19.9 Å². The molecule has 5 rings (SSSR count). The van der Waals surface area contributed by atoms with Crippen molar-refractivity contribution in [2.24, 2.45) is 5.92 Å². The maximum Gasteiger partial charge on any atom is 0.407 e. The first-order valence-corrected chi connectivity index (χ1v) is 14.2. The van der Waals surface area contributed by atoms with Gasteiger partial charge in [0.25, 0.3) is 0 Å². The number of carbonyl (C=O) groups is 1. The Hall–Kier alpha value is -3.40. The van der Waals surface area contributed by atoms with E-state index in [0.29, 0.717) is 30.5 Å². The van der Waals surface area contributed by atoms with Crippen LogP contribution in [0.4, 0.5) is 16.6 Å². The Morgan fingerprint density at radius 2 is 1.86 bits per heavy atom. The zero-order chi connectivity index (χ0) is 26.4. The van der Waals surface area contributed by atoms with Gasteiger partial charge in [-0.2, -0.15) is 4.98 Å². The summed E-state index contributed by atoms with van der Waals surface area (Å²) in [6.07, 6.45) is -0.409. The van der Waals surface area contributed by atoms with Crippen molar-refractivity contribution >= 4 is 38.6 Å². The van der Waals surface area contributed by atoms with Crippen LogP contribution in [0.1, 0.15) is 31.9 Å². The quantitative estimate of drug-likeness (QED) is 0.552. The summed E-state index contributed by atoms with van der Waals surface area (Å²) in [5.41, 5.74) is 2.16. The molecule has 1 amide bonds. The number of carbonyl (C=O) groups excluding carboxylic acids is 1. The topological polar surface area (TPSA) is 105 Å². The van der Waals surface area contributed by atoms with E-state index in [4.69, 9.17) is 14.7 Å². The number of rotatable bonds is 4. The number of aromatic nitrogens is 2. The van der Waals surface area contributed by atoms with Crippen LogP contribution in [0, 0.1) is 12.8 Å². The molecule has 3 aromatic rings. The number of aryl methyl sites for hydroxylation is 1. The minimum atomic E-state index is -3.37. The fourth-order valence-electron chi connectivity index (χ4n) is 4.74. The molecule has 2 aromatic carbocycles. The van der Waals surface area contributed by atoms with Gasteiger partial charge in [0.05, 0.1) is 16.2 Å². The minimum absolute atomic E-state index is 0.0107. The molecule has 0 bridgehead atoms. The number of ether oxygens (including phenoxy) is 1. The fraction of sp³-hybridized carbons (Fsp3) is 0.444. The molecule has 0 spiro atoms. The zero-order valence-electron chi connectivity index (χ0n) is 21.7. The lowest BCUT2D eigenvalue weighted by Crippen LogP contribution is -2.52. The van der Waals surface area contributed by atoms with Crippen LogP contribution < -0.4 is 15.1 Å². The Balaban J connectivity index is 1.39. The number of benzene rings is 2. The Labute approximate surface area is 217 Å². The van der Waals surface area contributed by atoms with Crippen LogP contribution in [0.25, 0.3) is 10.9 Å². The van der Waals surface area contributed by atoms with Gasteiger partial charge in [-0.1, -0.05) is 29.8 Å². The number of amides is 1. The first-order chi connectivity index (χ1) is 17.5. The Morgan fingerprint density at radius 1 is 1.11 bits per heavy atom. The van der Waals surface area contributed by atoms with Gasteiger partial charge in [0.1, 0.15) is 11.4 Å². The summed E-state index contributed by atoms with van der Waals surface area (Å²) in [6.45, 7) is 10.3. The highest BCUT2D eigenvalue weighted by molar-refractivity contribution is 7.91. The third-order valence-corrected chi connectivity index (χ3v) is 8.38. The highest BCUT2D eigenvalue weighted by atomic mass is 32.2. The molecule has 1 saturated heterocycles. The molecular weight excluding hydrogens is 490 g/mol. The number of fused-ring (bicyclic) bond motifs is 2. The van der Waals surface area contributed by atoms with Crippen LogP contribution >= 0.6 is 0 Å². The molecule has 0 saturated carbocycles. The molecule has 1 N–H and O–H groups in total. The van der Waals surface area contributed by atoms with Crippen molar-refractivity contribution in [2.45, 2.75) is 44.7 Å². The molecule has 2 aliphatic heterocycles. The van der Waals surface area contributed by atoms with Crippen LogP contribution in [0.5, 0.6) is 0 Å². The fourth-order valence-corrected chi connectivity index (χ4v) is 6.24. The van der Waals surface area contributed by atoms with E-state index in [1.165, 1.54) is 0 Å². The molecule has 2 aliphatic rings. The number of sulfone groups is 1. The maximum atomic E-state index is 12.9. The molecule has 0 atom stereocenters. The van der Waals surface area contributed by atoms with E-state index in [9.17, 15) is 13.2 Å². The van der Waals surface area contributed by atoms with Crippen molar-refractivity contribution in [1.29, 1.82) is 0 Å². The first kappa shape index (κ1) is 25.3. The second kappa shape index (κ2) is 9.48. The molecule has 1 fully saturated rings. The molecule has 3 heterocycles. The zero-order valence-corrected chi connectivity index (χ0v) is 22.5.